The minimum atomic E-state index is -2.20. The molecule has 0 saturated carbocycles. The third kappa shape index (κ3) is 5.46. The fraction of sp³-hybridized carbons (Fsp3) is 0.296. The molecule has 4 N–H and O–H groups in total. The van der Waals surface area contributed by atoms with E-state index in [0.29, 0.717) is 17.9 Å². The Morgan fingerprint density at radius 2 is 2.02 bits per heavy atom. The minimum Gasteiger partial charge on any atom is -0.479 e. The maximum absolute atomic E-state index is 11.8. The SMILES string of the molecule is C#C[C@@]1(O)[C@@H](COC(Cc2ccccc2)C(=O)O)O[C@@H](n2cnc3c(NCc4cccnc4)nc(Cl)nc32)[C@@H]1O. The van der Waals surface area contributed by atoms with Crippen LogP contribution in [-0.2, 0) is 27.2 Å². The number of carbonyl (C=O) groups is 1. The van der Waals surface area contributed by atoms with Crippen molar-refractivity contribution in [3.05, 3.63) is 77.6 Å². The summed E-state index contributed by atoms with van der Waals surface area (Å²) in [5.74, 6) is 1.33. The number of aliphatic hydroxyl groups excluding tert-OH is 1. The first-order valence-corrected chi connectivity index (χ1v) is 12.6. The number of hydrogen-bond acceptors (Lipinski definition) is 10. The van der Waals surface area contributed by atoms with E-state index in [1.165, 1.54) is 10.9 Å². The van der Waals surface area contributed by atoms with Crippen molar-refractivity contribution in [3.63, 3.8) is 0 Å². The molecule has 1 unspecified atom stereocenters. The minimum absolute atomic E-state index is 0.0831. The summed E-state index contributed by atoms with van der Waals surface area (Å²) in [4.78, 5) is 28.7. The Morgan fingerprint density at radius 1 is 1.25 bits per heavy atom. The summed E-state index contributed by atoms with van der Waals surface area (Å²) in [6, 6.07) is 12.6. The smallest absolute Gasteiger partial charge is 0.333 e. The number of terminal acetylenes is 1. The zero-order chi connectivity index (χ0) is 28.3. The summed E-state index contributed by atoms with van der Waals surface area (Å²) in [6.07, 6.45) is 5.03. The second-order valence-corrected chi connectivity index (χ2v) is 9.50. The molecule has 4 heterocycles. The van der Waals surface area contributed by atoms with Crippen molar-refractivity contribution in [2.45, 2.75) is 43.1 Å². The van der Waals surface area contributed by atoms with Crippen molar-refractivity contribution in [2.75, 3.05) is 11.9 Å². The van der Waals surface area contributed by atoms with Crippen LogP contribution in [0.3, 0.4) is 0 Å². The number of aliphatic carboxylic acids is 1. The highest BCUT2D eigenvalue weighted by Crippen LogP contribution is 2.39. The molecule has 0 spiro atoms. The van der Waals surface area contributed by atoms with E-state index >= 15 is 0 Å². The predicted molar refractivity (Wildman–Crippen MR) is 143 cm³/mol. The standard InChI is InChI=1S/C27H25ClN6O6/c1-2-27(38)19(14-39-18(25(36)37)11-16-7-4-3-5-8-16)40-24(21(27)35)34-15-31-20-22(32-26(28)33-23(20)34)30-13-17-9-6-10-29-12-17/h1,3-10,12,15,18-19,21,24,35,38H,11,13-14H2,(H,36,37)(H,30,32,33)/t18?,19-,21+,24-,27-/m1/s1. The molecule has 1 saturated heterocycles. The number of nitrogens with one attached hydrogen (secondary N) is 1. The Kier molecular flexibility index (Phi) is 7.92. The van der Waals surface area contributed by atoms with Crippen molar-refractivity contribution in [1.29, 1.82) is 0 Å². The van der Waals surface area contributed by atoms with Crippen LogP contribution in [0.4, 0.5) is 5.82 Å². The number of carboxylic acids is 1. The molecule has 0 aliphatic carbocycles. The van der Waals surface area contributed by atoms with Gasteiger partial charge in [-0.25, -0.2) is 9.78 Å². The van der Waals surface area contributed by atoms with Crippen molar-refractivity contribution in [2.24, 2.45) is 0 Å². The molecule has 5 rings (SSSR count). The lowest BCUT2D eigenvalue weighted by atomic mass is 9.93. The molecule has 5 atom stereocenters. The molecular formula is C27H25ClN6O6. The van der Waals surface area contributed by atoms with Crippen LogP contribution in [0.15, 0.2) is 61.2 Å². The summed E-state index contributed by atoms with van der Waals surface area (Å²) >= 11 is 6.19. The molecule has 1 fully saturated rings. The topological polar surface area (TPSA) is 165 Å². The highest BCUT2D eigenvalue weighted by atomic mass is 35.5. The Balaban J connectivity index is 1.37. The molecule has 1 aliphatic rings. The van der Waals surface area contributed by atoms with Gasteiger partial charge in [-0.2, -0.15) is 9.97 Å². The Hall–Kier alpha value is -4.12. The first-order valence-electron chi connectivity index (χ1n) is 12.2. The average molecular weight is 565 g/mol. The lowest BCUT2D eigenvalue weighted by Gasteiger charge is -2.26. The highest BCUT2D eigenvalue weighted by Gasteiger charge is 2.56. The van der Waals surface area contributed by atoms with Gasteiger partial charge in [-0.3, -0.25) is 9.55 Å². The molecule has 12 nitrogen and oxygen atoms in total. The van der Waals surface area contributed by atoms with Crippen LogP contribution in [0.2, 0.25) is 5.28 Å². The van der Waals surface area contributed by atoms with Crippen LogP contribution in [0.25, 0.3) is 11.2 Å². The first kappa shape index (κ1) is 27.4. The van der Waals surface area contributed by atoms with E-state index in [2.05, 4.69) is 31.2 Å². The van der Waals surface area contributed by atoms with Crippen molar-refractivity contribution in [1.82, 2.24) is 24.5 Å². The van der Waals surface area contributed by atoms with E-state index in [1.54, 1.807) is 42.7 Å². The van der Waals surface area contributed by atoms with Gasteiger partial charge in [0.2, 0.25) is 5.28 Å². The number of benzene rings is 1. The average Bonchev–Trinajstić information content (AvgIpc) is 3.49. The first-order chi connectivity index (χ1) is 19.3. The van der Waals surface area contributed by atoms with Crippen LogP contribution in [0.5, 0.6) is 0 Å². The number of anilines is 1. The molecule has 1 aromatic carbocycles. The highest BCUT2D eigenvalue weighted by molar-refractivity contribution is 6.28. The summed E-state index contributed by atoms with van der Waals surface area (Å²) in [7, 11) is 0. The maximum Gasteiger partial charge on any atom is 0.333 e. The lowest BCUT2D eigenvalue weighted by Crippen LogP contribution is -2.48. The Morgan fingerprint density at radius 3 is 2.73 bits per heavy atom. The van der Waals surface area contributed by atoms with Gasteiger partial charge in [0.25, 0.3) is 0 Å². The normalized spacial score (nSPS) is 23.1. The lowest BCUT2D eigenvalue weighted by molar-refractivity contribution is -0.156. The molecule has 1 aliphatic heterocycles. The van der Waals surface area contributed by atoms with Gasteiger partial charge >= 0.3 is 5.97 Å². The molecule has 3 aromatic heterocycles. The molecule has 0 amide bonds. The summed E-state index contributed by atoms with van der Waals surface area (Å²) < 4.78 is 13.0. The van der Waals surface area contributed by atoms with E-state index in [0.717, 1.165) is 11.1 Å². The number of pyridine rings is 1. The largest absolute Gasteiger partial charge is 0.479 e. The number of hydrogen-bond donors (Lipinski definition) is 4. The molecule has 0 bridgehead atoms. The maximum atomic E-state index is 11.8. The molecule has 206 valence electrons. The van der Waals surface area contributed by atoms with Gasteiger partial charge in [0, 0.05) is 25.4 Å². The van der Waals surface area contributed by atoms with Crippen LogP contribution < -0.4 is 5.32 Å². The zero-order valence-electron chi connectivity index (χ0n) is 21.0. The van der Waals surface area contributed by atoms with Crippen LogP contribution in [0, 0.1) is 12.3 Å². The van der Waals surface area contributed by atoms with Crippen LogP contribution in [0.1, 0.15) is 17.4 Å². The van der Waals surface area contributed by atoms with Crippen molar-refractivity contribution in [3.8, 4) is 12.3 Å². The number of halogens is 1. The fourth-order valence-electron chi connectivity index (χ4n) is 4.45. The Bertz CT molecular complexity index is 1530. The van der Waals surface area contributed by atoms with Gasteiger partial charge in [0.15, 0.2) is 34.9 Å². The van der Waals surface area contributed by atoms with Gasteiger partial charge in [-0.1, -0.05) is 42.3 Å². The number of rotatable bonds is 10. The van der Waals surface area contributed by atoms with Gasteiger partial charge in [0.1, 0.15) is 12.2 Å². The van der Waals surface area contributed by atoms with E-state index in [1.807, 2.05) is 12.1 Å². The monoisotopic (exact) mass is 564 g/mol. The number of nitrogens with zero attached hydrogens (tertiary/aromatic N) is 5. The van der Waals surface area contributed by atoms with Crippen molar-refractivity contribution >= 4 is 34.6 Å². The summed E-state index contributed by atoms with van der Waals surface area (Å²) in [5, 5.41) is 35.0. The van der Waals surface area contributed by atoms with E-state index in [-0.39, 0.29) is 17.4 Å². The van der Waals surface area contributed by atoms with Gasteiger partial charge in [-0.15, -0.1) is 6.42 Å². The van der Waals surface area contributed by atoms with Crippen LogP contribution in [-0.4, -0.2) is 76.3 Å². The van der Waals surface area contributed by atoms with E-state index in [9.17, 15) is 20.1 Å². The number of aliphatic hydroxyl groups is 2. The van der Waals surface area contributed by atoms with Gasteiger partial charge in [-0.05, 0) is 28.8 Å². The summed E-state index contributed by atoms with van der Waals surface area (Å²) in [5.41, 5.74) is -0.00193. The van der Waals surface area contributed by atoms with Gasteiger partial charge < -0.3 is 30.1 Å². The second-order valence-electron chi connectivity index (χ2n) is 9.16. The Labute approximate surface area is 233 Å². The quantitative estimate of drug-likeness (QED) is 0.164. The fourth-order valence-corrected chi connectivity index (χ4v) is 4.62. The second kappa shape index (κ2) is 11.5. The molecule has 13 heteroatoms. The molecule has 4 aromatic rings. The number of aromatic nitrogens is 5. The molecule has 40 heavy (non-hydrogen) atoms. The third-order valence-corrected chi connectivity index (χ3v) is 6.76. The predicted octanol–water partition coefficient (Wildman–Crippen LogP) is 1.82. The van der Waals surface area contributed by atoms with Crippen LogP contribution >= 0.6 is 11.6 Å². The number of ether oxygens (including phenoxy) is 2. The number of carboxylic acid groups (broad SMARTS) is 1. The number of imidazole rings is 1. The van der Waals surface area contributed by atoms with E-state index in [4.69, 9.17) is 27.5 Å². The van der Waals surface area contributed by atoms with Crippen molar-refractivity contribution < 1.29 is 29.6 Å². The number of fused-ring (bicyclic) bond motifs is 1. The third-order valence-electron chi connectivity index (χ3n) is 6.59. The van der Waals surface area contributed by atoms with E-state index < -0.39 is 42.7 Å². The zero-order valence-corrected chi connectivity index (χ0v) is 21.7. The molecular weight excluding hydrogens is 540 g/mol. The molecule has 0 radical (unpaired) electrons. The summed E-state index contributed by atoms with van der Waals surface area (Å²) in [6.45, 7) is -0.0198. The van der Waals surface area contributed by atoms with Gasteiger partial charge in [0.05, 0.1) is 12.9 Å².